The first-order valence-electron chi connectivity index (χ1n) is 10.1. The van der Waals surface area contributed by atoms with Crippen LogP contribution in [0, 0.1) is 13.8 Å². The van der Waals surface area contributed by atoms with Gasteiger partial charge in [-0.2, -0.15) is 0 Å². The van der Waals surface area contributed by atoms with E-state index < -0.39 is 5.54 Å². The van der Waals surface area contributed by atoms with Gasteiger partial charge in [-0.15, -0.1) is 0 Å². The molecule has 2 aromatic carbocycles. The summed E-state index contributed by atoms with van der Waals surface area (Å²) in [7, 11) is 0. The summed E-state index contributed by atoms with van der Waals surface area (Å²) in [5.74, 6) is 0.0935. The number of carbonyl (C=O) groups excluding carboxylic acids is 1. The average molecular weight is 418 g/mol. The van der Waals surface area contributed by atoms with Crippen LogP contribution in [0.4, 0.5) is 0 Å². The molecule has 0 spiro atoms. The van der Waals surface area contributed by atoms with Gasteiger partial charge in [0.05, 0.1) is 25.4 Å². The predicted octanol–water partition coefficient (Wildman–Crippen LogP) is 4.78. The van der Waals surface area contributed by atoms with Crippen molar-refractivity contribution in [1.82, 2.24) is 0 Å². The van der Waals surface area contributed by atoms with E-state index >= 15 is 0 Å². The predicted molar refractivity (Wildman–Crippen MR) is 119 cm³/mol. The van der Waals surface area contributed by atoms with E-state index in [2.05, 4.69) is 32.0 Å². The molecule has 0 aliphatic carbocycles. The Morgan fingerprint density at radius 3 is 2.45 bits per heavy atom. The average Bonchev–Trinajstić information content (AvgIpc) is 2.68. The summed E-state index contributed by atoms with van der Waals surface area (Å²) < 4.78 is 5.63. The lowest BCUT2D eigenvalue weighted by molar-refractivity contribution is 0.0441. The van der Waals surface area contributed by atoms with Crippen LogP contribution in [0.3, 0.4) is 0 Å². The lowest BCUT2D eigenvalue weighted by atomic mass is 9.99. The molecule has 0 amide bonds. The van der Waals surface area contributed by atoms with E-state index in [1.807, 2.05) is 13.0 Å². The number of hydrogen-bond donors (Lipinski definition) is 2. The van der Waals surface area contributed by atoms with E-state index in [4.69, 9.17) is 22.1 Å². The third-order valence-corrected chi connectivity index (χ3v) is 5.54. The lowest BCUT2D eigenvalue weighted by Crippen LogP contribution is -2.47. The van der Waals surface area contributed by atoms with Crippen LogP contribution >= 0.6 is 11.6 Å². The van der Waals surface area contributed by atoms with Crippen LogP contribution in [-0.4, -0.2) is 29.6 Å². The van der Waals surface area contributed by atoms with Crippen LogP contribution in [0.5, 0.6) is 0 Å². The molecule has 0 saturated carbocycles. The summed E-state index contributed by atoms with van der Waals surface area (Å²) in [5.41, 5.74) is 10.5. The van der Waals surface area contributed by atoms with Crippen LogP contribution in [0.1, 0.15) is 58.8 Å². The molecule has 0 heterocycles. The lowest BCUT2D eigenvalue weighted by Gasteiger charge is -2.25. The highest BCUT2D eigenvalue weighted by atomic mass is 35.5. The zero-order valence-electron chi connectivity index (χ0n) is 17.6. The zero-order valence-corrected chi connectivity index (χ0v) is 18.4. The third kappa shape index (κ3) is 7.23. The molecule has 0 aliphatic heterocycles. The second kappa shape index (κ2) is 10.9. The van der Waals surface area contributed by atoms with Crippen LogP contribution in [0.2, 0.25) is 5.02 Å². The van der Waals surface area contributed by atoms with Gasteiger partial charge >= 0.3 is 0 Å². The Hall–Kier alpha value is -1.72. The van der Waals surface area contributed by atoms with Crippen LogP contribution < -0.4 is 5.73 Å². The van der Waals surface area contributed by atoms with Crippen molar-refractivity contribution in [3.8, 4) is 0 Å². The maximum atomic E-state index is 12.5. The molecule has 158 valence electrons. The van der Waals surface area contributed by atoms with E-state index in [1.54, 1.807) is 12.1 Å². The van der Waals surface area contributed by atoms with Crippen molar-refractivity contribution in [2.45, 2.75) is 58.6 Å². The summed E-state index contributed by atoms with van der Waals surface area (Å²) >= 11 is 6.34. The highest BCUT2D eigenvalue weighted by Gasteiger charge is 2.22. The summed E-state index contributed by atoms with van der Waals surface area (Å²) in [4.78, 5) is 12.5. The molecule has 2 rings (SSSR count). The van der Waals surface area contributed by atoms with Gasteiger partial charge in [-0.3, -0.25) is 4.79 Å². The standard InChI is InChI=1S/C24H32ClNO3/c1-4-24(26,15-27)16-29-14-21-9-8-20(13-22(21)25)23(28)7-5-6-19-11-17(2)10-18(3)12-19/h8-13,27H,4-7,14-16,26H2,1-3H3. The number of rotatable bonds is 11. The number of nitrogens with two attached hydrogens (primary N) is 1. The normalized spacial score (nSPS) is 13.3. The first-order valence-corrected chi connectivity index (χ1v) is 10.5. The fourth-order valence-electron chi connectivity index (χ4n) is 3.27. The Morgan fingerprint density at radius 2 is 1.86 bits per heavy atom. The quantitative estimate of drug-likeness (QED) is 0.516. The molecular weight excluding hydrogens is 386 g/mol. The van der Waals surface area contributed by atoms with Crippen molar-refractivity contribution in [3.05, 3.63) is 69.2 Å². The summed E-state index contributed by atoms with van der Waals surface area (Å²) in [6, 6.07) is 11.8. The number of aliphatic hydroxyl groups excluding tert-OH is 1. The Bertz CT molecular complexity index is 811. The molecule has 1 atom stereocenters. The van der Waals surface area contributed by atoms with E-state index in [0.717, 1.165) is 18.4 Å². The van der Waals surface area contributed by atoms with Crippen molar-refractivity contribution in [3.63, 3.8) is 0 Å². The first kappa shape index (κ1) is 23.6. The number of hydrogen-bond acceptors (Lipinski definition) is 4. The van der Waals surface area contributed by atoms with Gasteiger partial charge in [-0.1, -0.05) is 60.0 Å². The van der Waals surface area contributed by atoms with Crippen molar-refractivity contribution in [2.75, 3.05) is 13.2 Å². The van der Waals surface area contributed by atoms with Gasteiger partial charge in [0.2, 0.25) is 0 Å². The zero-order chi connectivity index (χ0) is 21.4. The SMILES string of the molecule is CCC(N)(CO)COCc1ccc(C(=O)CCCc2cc(C)cc(C)c2)cc1Cl. The van der Waals surface area contributed by atoms with Gasteiger partial charge in [-0.05, 0) is 50.3 Å². The number of halogens is 1. The molecular formula is C24H32ClNO3. The molecule has 0 saturated heterocycles. The van der Waals surface area contributed by atoms with Crippen molar-refractivity contribution in [2.24, 2.45) is 5.73 Å². The smallest absolute Gasteiger partial charge is 0.162 e. The Kier molecular flexibility index (Phi) is 8.84. The number of ketones is 1. The van der Waals surface area contributed by atoms with Crippen molar-refractivity contribution in [1.29, 1.82) is 0 Å². The second-order valence-corrected chi connectivity index (χ2v) is 8.35. The highest BCUT2D eigenvalue weighted by molar-refractivity contribution is 6.31. The maximum absolute atomic E-state index is 12.5. The van der Waals surface area contributed by atoms with Crippen LogP contribution in [0.25, 0.3) is 0 Å². The van der Waals surface area contributed by atoms with E-state index in [0.29, 0.717) is 30.0 Å². The van der Waals surface area contributed by atoms with Gasteiger partial charge in [0, 0.05) is 17.0 Å². The molecule has 2 aromatic rings. The van der Waals surface area contributed by atoms with Crippen molar-refractivity contribution >= 4 is 17.4 Å². The number of benzene rings is 2. The minimum absolute atomic E-state index is 0.0935. The molecule has 0 aromatic heterocycles. The minimum Gasteiger partial charge on any atom is -0.394 e. The van der Waals surface area contributed by atoms with Gasteiger partial charge in [0.25, 0.3) is 0 Å². The molecule has 29 heavy (non-hydrogen) atoms. The molecule has 0 aliphatic rings. The number of Topliss-reactive ketones (excluding diaryl/α,β-unsaturated/α-hetero) is 1. The van der Waals surface area contributed by atoms with Gasteiger partial charge in [0.1, 0.15) is 0 Å². The van der Waals surface area contributed by atoms with Crippen LogP contribution in [0.15, 0.2) is 36.4 Å². The van der Waals surface area contributed by atoms with Crippen molar-refractivity contribution < 1.29 is 14.6 Å². The first-order chi connectivity index (χ1) is 13.8. The molecule has 0 bridgehead atoms. The fourth-order valence-corrected chi connectivity index (χ4v) is 3.51. The Balaban J connectivity index is 1.87. The number of aliphatic hydroxyl groups is 1. The number of aryl methyl sites for hydroxylation is 3. The highest BCUT2D eigenvalue weighted by Crippen LogP contribution is 2.21. The molecule has 0 radical (unpaired) electrons. The Labute approximate surface area is 179 Å². The summed E-state index contributed by atoms with van der Waals surface area (Å²) in [6.45, 7) is 6.50. The van der Waals surface area contributed by atoms with Gasteiger partial charge in [0.15, 0.2) is 5.78 Å². The molecule has 1 unspecified atom stereocenters. The molecule has 0 fully saturated rings. The Morgan fingerprint density at radius 1 is 1.17 bits per heavy atom. The number of ether oxygens (including phenoxy) is 1. The third-order valence-electron chi connectivity index (χ3n) is 5.19. The monoisotopic (exact) mass is 417 g/mol. The van der Waals surface area contributed by atoms with E-state index in [1.165, 1.54) is 16.7 Å². The molecule has 3 N–H and O–H groups in total. The summed E-state index contributed by atoms with van der Waals surface area (Å²) in [6.07, 6.45) is 2.80. The largest absolute Gasteiger partial charge is 0.394 e. The number of carbonyl (C=O) groups is 1. The fraction of sp³-hybridized carbons (Fsp3) is 0.458. The second-order valence-electron chi connectivity index (χ2n) is 7.95. The van der Waals surface area contributed by atoms with Gasteiger partial charge in [-0.25, -0.2) is 0 Å². The van der Waals surface area contributed by atoms with E-state index in [-0.39, 0.29) is 19.0 Å². The maximum Gasteiger partial charge on any atom is 0.162 e. The summed E-state index contributed by atoms with van der Waals surface area (Å²) in [5, 5.41) is 9.84. The van der Waals surface area contributed by atoms with Gasteiger partial charge < -0.3 is 15.6 Å². The topological polar surface area (TPSA) is 72.6 Å². The molecule has 5 heteroatoms. The minimum atomic E-state index is -0.738. The molecule has 4 nitrogen and oxygen atoms in total. The van der Waals surface area contributed by atoms with Crippen LogP contribution in [-0.2, 0) is 17.8 Å². The van der Waals surface area contributed by atoms with E-state index in [9.17, 15) is 9.90 Å².